The molecule has 24 heavy (non-hydrogen) atoms. The molecule has 0 saturated carbocycles. The van der Waals surface area contributed by atoms with E-state index < -0.39 is 0 Å². The van der Waals surface area contributed by atoms with Crippen molar-refractivity contribution in [2.45, 2.75) is 0 Å². The van der Waals surface area contributed by atoms with Gasteiger partial charge in [-0.05, 0) is 28.8 Å². The fourth-order valence-corrected chi connectivity index (χ4v) is 3.53. The van der Waals surface area contributed by atoms with Crippen molar-refractivity contribution in [3.05, 3.63) is 78.1 Å². The maximum Gasteiger partial charge on any atom is 0.137 e. The second kappa shape index (κ2) is 4.80. The molecule has 0 spiro atoms. The van der Waals surface area contributed by atoms with Crippen LogP contribution in [0.5, 0.6) is 0 Å². The summed E-state index contributed by atoms with van der Waals surface area (Å²) in [6.45, 7) is 0. The highest BCUT2D eigenvalue weighted by molar-refractivity contribution is 6.26. The number of nitrogens with one attached hydrogen (secondary N) is 1. The van der Waals surface area contributed by atoms with E-state index >= 15 is 0 Å². The molecule has 4 nitrogen and oxygen atoms in total. The van der Waals surface area contributed by atoms with Gasteiger partial charge in [0.1, 0.15) is 11.4 Å². The predicted octanol–water partition coefficient (Wildman–Crippen LogP) is 4.44. The van der Waals surface area contributed by atoms with Crippen molar-refractivity contribution in [2.24, 2.45) is 5.16 Å². The summed E-state index contributed by atoms with van der Waals surface area (Å²) in [5.74, 6) is 0. The molecule has 0 amide bonds. The number of pyridine rings is 1. The second-order valence-electron chi connectivity index (χ2n) is 5.86. The van der Waals surface area contributed by atoms with Gasteiger partial charge in [0.05, 0.1) is 0 Å². The molecule has 0 fully saturated rings. The van der Waals surface area contributed by atoms with Gasteiger partial charge in [-0.3, -0.25) is 0 Å². The first kappa shape index (κ1) is 13.1. The Morgan fingerprint density at radius 1 is 0.875 bits per heavy atom. The zero-order valence-electron chi connectivity index (χ0n) is 12.7. The van der Waals surface area contributed by atoms with Crippen LogP contribution in [0.4, 0.5) is 0 Å². The monoisotopic (exact) mass is 311 g/mol. The molecular weight excluding hydrogens is 298 g/mol. The van der Waals surface area contributed by atoms with Gasteiger partial charge in [0.15, 0.2) is 0 Å². The summed E-state index contributed by atoms with van der Waals surface area (Å²) < 4.78 is 0. The first-order valence-corrected chi connectivity index (χ1v) is 7.75. The Morgan fingerprint density at radius 2 is 1.67 bits per heavy atom. The summed E-state index contributed by atoms with van der Waals surface area (Å²) in [6.07, 6.45) is 3.77. The number of fused-ring (bicyclic) bond motifs is 4. The summed E-state index contributed by atoms with van der Waals surface area (Å²) in [5.41, 5.74) is 7.73. The first-order valence-electron chi connectivity index (χ1n) is 7.75. The van der Waals surface area contributed by atoms with Crippen molar-refractivity contribution in [3.63, 3.8) is 0 Å². The summed E-state index contributed by atoms with van der Waals surface area (Å²) in [4.78, 5) is 7.62. The molecule has 1 aliphatic carbocycles. The number of hydrogen-bond acceptors (Lipinski definition) is 3. The van der Waals surface area contributed by atoms with Crippen LogP contribution in [0.15, 0.2) is 72.1 Å². The lowest BCUT2D eigenvalue weighted by Gasteiger charge is -2.09. The van der Waals surface area contributed by atoms with Gasteiger partial charge in [-0.25, -0.2) is 4.98 Å². The molecule has 114 valence electrons. The SMILES string of the molecule is O/N=C1\c2ccccc2-c2c1cccc2-c1cnc2[nH]ccc2c1. The smallest absolute Gasteiger partial charge is 0.137 e. The molecule has 4 aromatic rings. The van der Waals surface area contributed by atoms with Crippen LogP contribution in [-0.4, -0.2) is 20.9 Å². The van der Waals surface area contributed by atoms with E-state index in [0.717, 1.165) is 44.4 Å². The van der Waals surface area contributed by atoms with E-state index in [4.69, 9.17) is 0 Å². The summed E-state index contributed by atoms with van der Waals surface area (Å²) in [5, 5.41) is 14.1. The molecule has 2 aromatic carbocycles. The van der Waals surface area contributed by atoms with Crippen LogP contribution in [0, 0.1) is 0 Å². The molecular formula is C20H13N3O. The summed E-state index contributed by atoms with van der Waals surface area (Å²) >= 11 is 0. The fourth-order valence-electron chi connectivity index (χ4n) is 3.53. The van der Waals surface area contributed by atoms with Crippen molar-refractivity contribution in [1.29, 1.82) is 0 Å². The molecule has 0 atom stereocenters. The highest BCUT2D eigenvalue weighted by atomic mass is 16.4. The highest BCUT2D eigenvalue weighted by Crippen LogP contribution is 2.43. The third-order valence-corrected chi connectivity index (χ3v) is 4.58. The fraction of sp³-hybridized carbons (Fsp3) is 0. The van der Waals surface area contributed by atoms with Crippen LogP contribution in [-0.2, 0) is 0 Å². The van der Waals surface area contributed by atoms with Crippen molar-refractivity contribution >= 4 is 16.7 Å². The molecule has 1 aliphatic rings. The van der Waals surface area contributed by atoms with Crippen molar-refractivity contribution in [2.75, 3.05) is 0 Å². The molecule has 2 heterocycles. The second-order valence-corrected chi connectivity index (χ2v) is 5.86. The summed E-state index contributed by atoms with van der Waals surface area (Å²) in [7, 11) is 0. The number of nitrogens with zero attached hydrogens (tertiary/aromatic N) is 2. The van der Waals surface area contributed by atoms with E-state index in [9.17, 15) is 5.21 Å². The number of aromatic nitrogens is 2. The number of rotatable bonds is 1. The number of benzene rings is 2. The number of oxime groups is 1. The normalized spacial score (nSPS) is 14.1. The average molecular weight is 311 g/mol. The third kappa shape index (κ3) is 1.68. The van der Waals surface area contributed by atoms with Gasteiger partial charge in [0, 0.05) is 34.5 Å². The van der Waals surface area contributed by atoms with Crippen LogP contribution in [0.3, 0.4) is 0 Å². The van der Waals surface area contributed by atoms with Crippen LogP contribution in [0.2, 0.25) is 0 Å². The van der Waals surface area contributed by atoms with Crippen LogP contribution in [0.1, 0.15) is 11.1 Å². The van der Waals surface area contributed by atoms with Crippen LogP contribution >= 0.6 is 0 Å². The zero-order valence-corrected chi connectivity index (χ0v) is 12.7. The van der Waals surface area contributed by atoms with E-state index in [0.29, 0.717) is 5.71 Å². The van der Waals surface area contributed by atoms with Gasteiger partial charge in [0.25, 0.3) is 0 Å². The Balaban J connectivity index is 1.83. The maximum absolute atomic E-state index is 9.51. The average Bonchev–Trinajstić information content (AvgIpc) is 3.22. The molecule has 4 heteroatoms. The van der Waals surface area contributed by atoms with Gasteiger partial charge in [-0.2, -0.15) is 0 Å². The van der Waals surface area contributed by atoms with Crippen LogP contribution in [0.25, 0.3) is 33.3 Å². The molecule has 5 rings (SSSR count). The Labute approximate surface area is 138 Å². The topological polar surface area (TPSA) is 61.3 Å². The minimum Gasteiger partial charge on any atom is -0.410 e. The Hall–Kier alpha value is -3.40. The van der Waals surface area contributed by atoms with Gasteiger partial charge in [-0.1, -0.05) is 47.6 Å². The molecule has 2 N–H and O–H groups in total. The molecule has 0 bridgehead atoms. The molecule has 0 saturated heterocycles. The van der Waals surface area contributed by atoms with Crippen molar-refractivity contribution in [3.8, 4) is 22.3 Å². The number of H-pyrrole nitrogens is 1. The lowest BCUT2D eigenvalue weighted by molar-refractivity contribution is 0.320. The molecule has 0 radical (unpaired) electrons. The van der Waals surface area contributed by atoms with Crippen LogP contribution < -0.4 is 0 Å². The maximum atomic E-state index is 9.51. The van der Waals surface area contributed by atoms with E-state index in [1.165, 1.54) is 0 Å². The largest absolute Gasteiger partial charge is 0.410 e. The van der Waals surface area contributed by atoms with E-state index in [1.807, 2.05) is 48.8 Å². The Bertz CT molecular complexity index is 1120. The third-order valence-electron chi connectivity index (χ3n) is 4.58. The molecule has 2 aromatic heterocycles. The predicted molar refractivity (Wildman–Crippen MR) is 94.4 cm³/mol. The van der Waals surface area contributed by atoms with Crippen molar-refractivity contribution in [1.82, 2.24) is 9.97 Å². The Morgan fingerprint density at radius 3 is 2.54 bits per heavy atom. The van der Waals surface area contributed by atoms with E-state index in [1.54, 1.807) is 0 Å². The van der Waals surface area contributed by atoms with Gasteiger partial charge in [-0.15, -0.1) is 0 Å². The highest BCUT2D eigenvalue weighted by Gasteiger charge is 2.27. The first-order chi connectivity index (χ1) is 11.9. The number of aromatic amines is 1. The molecule has 0 aliphatic heterocycles. The standard InChI is InChI=1S/C20H13N3O/c24-23-19-16-5-2-1-4-15(16)18-14(6-3-7-17(18)19)13-10-12-8-9-21-20(12)22-11-13/h1-11,24H,(H,21,22)/b23-19+. The zero-order chi connectivity index (χ0) is 16.1. The van der Waals surface area contributed by atoms with Gasteiger partial charge < -0.3 is 10.2 Å². The summed E-state index contributed by atoms with van der Waals surface area (Å²) in [6, 6.07) is 18.2. The van der Waals surface area contributed by atoms with E-state index in [2.05, 4.69) is 33.3 Å². The van der Waals surface area contributed by atoms with Gasteiger partial charge in [0.2, 0.25) is 0 Å². The number of hydrogen-bond donors (Lipinski definition) is 2. The lowest BCUT2D eigenvalue weighted by Crippen LogP contribution is -1.97. The minimum atomic E-state index is 0.623. The lowest BCUT2D eigenvalue weighted by atomic mass is 9.95. The van der Waals surface area contributed by atoms with Gasteiger partial charge >= 0.3 is 0 Å². The molecule has 0 unspecified atom stereocenters. The van der Waals surface area contributed by atoms with Crippen molar-refractivity contribution < 1.29 is 5.21 Å². The Kier molecular flexibility index (Phi) is 2.61. The van der Waals surface area contributed by atoms with E-state index in [-0.39, 0.29) is 0 Å². The minimum absolute atomic E-state index is 0.623. The quantitative estimate of drug-likeness (QED) is 0.355.